The highest BCUT2D eigenvalue weighted by Crippen LogP contribution is 2.03. The van der Waals surface area contributed by atoms with Crippen LogP contribution in [-0.4, -0.2) is 33.2 Å². The SMILES string of the molecule is CCn1ccnc1NCC(O)C(N)=O. The second-order valence-electron chi connectivity index (χ2n) is 2.84. The van der Waals surface area contributed by atoms with E-state index in [4.69, 9.17) is 10.8 Å². The van der Waals surface area contributed by atoms with Crippen LogP contribution >= 0.6 is 0 Å². The molecule has 0 aliphatic rings. The Morgan fingerprint density at radius 2 is 2.57 bits per heavy atom. The van der Waals surface area contributed by atoms with Gasteiger partial charge in [-0.3, -0.25) is 4.79 Å². The molecule has 0 saturated heterocycles. The zero-order valence-electron chi connectivity index (χ0n) is 7.97. The Bertz CT molecular complexity index is 310. The van der Waals surface area contributed by atoms with Crippen molar-refractivity contribution >= 4 is 11.9 Å². The minimum atomic E-state index is -1.18. The van der Waals surface area contributed by atoms with Crippen molar-refractivity contribution in [3.63, 3.8) is 0 Å². The van der Waals surface area contributed by atoms with Crippen molar-refractivity contribution in [1.29, 1.82) is 0 Å². The van der Waals surface area contributed by atoms with Gasteiger partial charge in [0.25, 0.3) is 0 Å². The molecule has 0 aromatic carbocycles. The molecule has 1 aromatic rings. The van der Waals surface area contributed by atoms with Gasteiger partial charge in [0.1, 0.15) is 6.10 Å². The first-order valence-corrected chi connectivity index (χ1v) is 4.37. The van der Waals surface area contributed by atoms with Crippen LogP contribution in [0.4, 0.5) is 5.95 Å². The zero-order chi connectivity index (χ0) is 10.6. The Morgan fingerprint density at radius 1 is 1.86 bits per heavy atom. The van der Waals surface area contributed by atoms with Gasteiger partial charge in [0.05, 0.1) is 6.54 Å². The molecule has 0 bridgehead atoms. The summed E-state index contributed by atoms with van der Waals surface area (Å²) >= 11 is 0. The van der Waals surface area contributed by atoms with Crippen LogP contribution in [0.1, 0.15) is 6.92 Å². The fourth-order valence-corrected chi connectivity index (χ4v) is 1.02. The Balaban J connectivity index is 2.49. The van der Waals surface area contributed by atoms with Crippen LogP contribution in [0.3, 0.4) is 0 Å². The smallest absolute Gasteiger partial charge is 0.248 e. The Labute approximate surface area is 81.7 Å². The van der Waals surface area contributed by atoms with Crippen LogP contribution in [0.2, 0.25) is 0 Å². The number of aromatic nitrogens is 2. The molecular weight excluding hydrogens is 184 g/mol. The number of amides is 1. The lowest BCUT2D eigenvalue weighted by atomic mass is 10.3. The van der Waals surface area contributed by atoms with Gasteiger partial charge in [-0.2, -0.15) is 0 Å². The van der Waals surface area contributed by atoms with E-state index in [0.717, 1.165) is 6.54 Å². The molecule has 0 spiro atoms. The number of aryl methyl sites for hydroxylation is 1. The normalized spacial score (nSPS) is 12.4. The number of carbonyl (C=O) groups excluding carboxylic acids is 1. The first-order valence-electron chi connectivity index (χ1n) is 4.37. The summed E-state index contributed by atoms with van der Waals surface area (Å²) in [7, 11) is 0. The topological polar surface area (TPSA) is 93.2 Å². The molecule has 1 atom stereocenters. The summed E-state index contributed by atoms with van der Waals surface area (Å²) in [5, 5.41) is 11.9. The Hall–Kier alpha value is -1.56. The van der Waals surface area contributed by atoms with Gasteiger partial charge in [-0.05, 0) is 6.92 Å². The summed E-state index contributed by atoms with van der Waals surface area (Å²) in [6.45, 7) is 2.82. The predicted molar refractivity (Wildman–Crippen MR) is 51.6 cm³/mol. The maximum atomic E-state index is 10.5. The number of imidazole rings is 1. The van der Waals surface area contributed by atoms with E-state index >= 15 is 0 Å². The van der Waals surface area contributed by atoms with Gasteiger partial charge in [0, 0.05) is 18.9 Å². The van der Waals surface area contributed by atoms with E-state index in [-0.39, 0.29) is 6.54 Å². The van der Waals surface area contributed by atoms with Gasteiger partial charge in [-0.1, -0.05) is 0 Å². The number of nitrogens with two attached hydrogens (primary N) is 1. The van der Waals surface area contributed by atoms with E-state index in [1.165, 1.54) is 0 Å². The first-order chi connectivity index (χ1) is 6.65. The van der Waals surface area contributed by atoms with E-state index in [0.29, 0.717) is 5.95 Å². The predicted octanol–water partition coefficient (Wildman–Crippen LogP) is -0.839. The summed E-state index contributed by atoms with van der Waals surface area (Å²) in [5.41, 5.74) is 4.89. The van der Waals surface area contributed by atoms with Gasteiger partial charge in [-0.25, -0.2) is 4.98 Å². The first kappa shape index (κ1) is 10.5. The lowest BCUT2D eigenvalue weighted by Crippen LogP contribution is -2.34. The molecule has 0 radical (unpaired) electrons. The van der Waals surface area contributed by atoms with Crippen molar-refractivity contribution in [2.75, 3.05) is 11.9 Å². The van der Waals surface area contributed by atoms with Crippen molar-refractivity contribution in [2.45, 2.75) is 19.6 Å². The third kappa shape index (κ3) is 2.46. The minimum Gasteiger partial charge on any atom is -0.381 e. The Morgan fingerprint density at radius 3 is 3.14 bits per heavy atom. The van der Waals surface area contributed by atoms with Crippen LogP contribution in [0.15, 0.2) is 12.4 Å². The molecule has 0 saturated carbocycles. The van der Waals surface area contributed by atoms with Crippen LogP contribution < -0.4 is 11.1 Å². The number of anilines is 1. The van der Waals surface area contributed by atoms with E-state index in [9.17, 15) is 4.79 Å². The van der Waals surface area contributed by atoms with Gasteiger partial charge in [0.15, 0.2) is 0 Å². The molecule has 6 heteroatoms. The fourth-order valence-electron chi connectivity index (χ4n) is 1.02. The summed E-state index contributed by atoms with van der Waals surface area (Å²) in [6.07, 6.45) is 2.26. The van der Waals surface area contributed by atoms with E-state index in [2.05, 4.69) is 10.3 Å². The van der Waals surface area contributed by atoms with Gasteiger partial charge >= 0.3 is 0 Å². The molecule has 0 aliphatic heterocycles. The summed E-state index contributed by atoms with van der Waals surface area (Å²) < 4.78 is 1.85. The zero-order valence-corrected chi connectivity index (χ0v) is 7.97. The number of aliphatic hydroxyl groups excluding tert-OH is 1. The number of rotatable bonds is 5. The number of hydrogen-bond acceptors (Lipinski definition) is 4. The van der Waals surface area contributed by atoms with Crippen LogP contribution in [0.5, 0.6) is 0 Å². The fraction of sp³-hybridized carbons (Fsp3) is 0.500. The quantitative estimate of drug-likeness (QED) is 0.575. The maximum Gasteiger partial charge on any atom is 0.248 e. The van der Waals surface area contributed by atoms with Crippen LogP contribution in [0, 0.1) is 0 Å². The average Bonchev–Trinajstić information content (AvgIpc) is 2.60. The molecule has 0 fully saturated rings. The highest BCUT2D eigenvalue weighted by molar-refractivity contribution is 5.79. The molecule has 4 N–H and O–H groups in total. The number of primary amides is 1. The van der Waals surface area contributed by atoms with Gasteiger partial charge in [0.2, 0.25) is 11.9 Å². The van der Waals surface area contributed by atoms with Crippen molar-refractivity contribution in [3.05, 3.63) is 12.4 Å². The maximum absolute atomic E-state index is 10.5. The molecule has 78 valence electrons. The molecule has 1 unspecified atom stereocenters. The molecule has 6 nitrogen and oxygen atoms in total. The van der Waals surface area contributed by atoms with Crippen molar-refractivity contribution in [1.82, 2.24) is 9.55 Å². The molecular formula is C8H14N4O2. The molecule has 1 heterocycles. The molecule has 1 amide bonds. The summed E-state index contributed by atoms with van der Waals surface area (Å²) in [6, 6.07) is 0. The lowest BCUT2D eigenvalue weighted by molar-refractivity contribution is -0.125. The summed E-state index contributed by atoms with van der Waals surface area (Å²) in [5.74, 6) is -0.125. The average molecular weight is 198 g/mol. The van der Waals surface area contributed by atoms with Gasteiger partial charge in [-0.15, -0.1) is 0 Å². The lowest BCUT2D eigenvalue weighted by Gasteiger charge is -2.09. The van der Waals surface area contributed by atoms with Gasteiger partial charge < -0.3 is 20.7 Å². The molecule has 1 aromatic heterocycles. The van der Waals surface area contributed by atoms with E-state index in [1.807, 2.05) is 11.5 Å². The van der Waals surface area contributed by atoms with Crippen LogP contribution in [0.25, 0.3) is 0 Å². The number of hydrogen-bond donors (Lipinski definition) is 3. The monoisotopic (exact) mass is 198 g/mol. The number of carbonyl (C=O) groups is 1. The van der Waals surface area contributed by atoms with E-state index in [1.54, 1.807) is 12.4 Å². The van der Waals surface area contributed by atoms with E-state index < -0.39 is 12.0 Å². The highest BCUT2D eigenvalue weighted by Gasteiger charge is 2.11. The van der Waals surface area contributed by atoms with Crippen molar-refractivity contribution in [2.24, 2.45) is 5.73 Å². The standard InChI is InChI=1S/C8H14N4O2/c1-2-12-4-3-10-8(12)11-5-6(13)7(9)14/h3-4,6,13H,2,5H2,1H3,(H2,9,14)(H,10,11). The van der Waals surface area contributed by atoms with Crippen molar-refractivity contribution in [3.8, 4) is 0 Å². The van der Waals surface area contributed by atoms with Crippen LogP contribution in [-0.2, 0) is 11.3 Å². The molecule has 14 heavy (non-hydrogen) atoms. The number of aliphatic hydroxyl groups is 1. The third-order valence-corrected chi connectivity index (χ3v) is 1.84. The molecule has 1 rings (SSSR count). The third-order valence-electron chi connectivity index (χ3n) is 1.84. The largest absolute Gasteiger partial charge is 0.381 e. The van der Waals surface area contributed by atoms with Crippen molar-refractivity contribution < 1.29 is 9.90 Å². The number of nitrogens with one attached hydrogen (secondary N) is 1. The number of nitrogens with zero attached hydrogens (tertiary/aromatic N) is 2. The minimum absolute atomic E-state index is 0.0757. The summed E-state index contributed by atoms with van der Waals surface area (Å²) in [4.78, 5) is 14.5. The second-order valence-corrected chi connectivity index (χ2v) is 2.84. The second kappa shape index (κ2) is 4.61. The highest BCUT2D eigenvalue weighted by atomic mass is 16.3. The Kier molecular flexibility index (Phi) is 3.47. The molecule has 0 aliphatic carbocycles.